The highest BCUT2D eigenvalue weighted by Crippen LogP contribution is 2.22. The monoisotopic (exact) mass is 356 g/mol. The molecule has 1 aliphatic rings. The van der Waals surface area contributed by atoms with Gasteiger partial charge in [0.1, 0.15) is 0 Å². The maximum absolute atomic E-state index is 12.7. The molecule has 1 aromatic carbocycles. The summed E-state index contributed by atoms with van der Waals surface area (Å²) >= 11 is 0. The van der Waals surface area contributed by atoms with Gasteiger partial charge in [0.05, 0.1) is 0 Å². The number of benzene rings is 1. The number of hydrogen-bond acceptors (Lipinski definition) is 4. The standard InChI is InChI=1S/C20H28N4O2/c1-15(2)24-12-9-21-19(24)20(26)22-18-6-4-3-5-17(18)13-23-10-7-16(14-25)8-11-23/h3-6,9,12,15-16,25H,7-8,10-11,13-14H2,1-2H3,(H,22,26). The lowest BCUT2D eigenvalue weighted by atomic mass is 9.97. The number of rotatable bonds is 6. The number of nitrogens with zero attached hydrogens (tertiary/aromatic N) is 3. The van der Waals surface area contributed by atoms with Gasteiger partial charge in [-0.2, -0.15) is 0 Å². The highest BCUT2D eigenvalue weighted by molar-refractivity contribution is 6.02. The normalized spacial score (nSPS) is 16.2. The van der Waals surface area contributed by atoms with Crippen LogP contribution in [0.4, 0.5) is 5.69 Å². The fourth-order valence-corrected chi connectivity index (χ4v) is 3.43. The van der Waals surface area contributed by atoms with Crippen LogP contribution in [0.5, 0.6) is 0 Å². The second kappa shape index (κ2) is 8.47. The topological polar surface area (TPSA) is 70.4 Å². The van der Waals surface area contributed by atoms with Crippen LogP contribution in [0.3, 0.4) is 0 Å². The Labute approximate surface area is 154 Å². The highest BCUT2D eigenvalue weighted by Gasteiger charge is 2.20. The van der Waals surface area contributed by atoms with E-state index >= 15 is 0 Å². The fourth-order valence-electron chi connectivity index (χ4n) is 3.43. The molecule has 0 unspecified atom stereocenters. The summed E-state index contributed by atoms with van der Waals surface area (Å²) in [7, 11) is 0. The van der Waals surface area contributed by atoms with Gasteiger partial charge in [-0.15, -0.1) is 0 Å². The van der Waals surface area contributed by atoms with Gasteiger partial charge < -0.3 is 15.0 Å². The number of para-hydroxylation sites is 1. The van der Waals surface area contributed by atoms with Gasteiger partial charge in [-0.3, -0.25) is 9.69 Å². The molecule has 140 valence electrons. The molecule has 1 fully saturated rings. The van der Waals surface area contributed by atoms with Gasteiger partial charge in [0, 0.05) is 37.3 Å². The van der Waals surface area contributed by atoms with E-state index in [2.05, 4.69) is 21.3 Å². The molecule has 0 aliphatic carbocycles. The molecular weight excluding hydrogens is 328 g/mol. The van der Waals surface area contributed by atoms with Gasteiger partial charge in [-0.1, -0.05) is 18.2 Å². The molecule has 6 heteroatoms. The first kappa shape index (κ1) is 18.6. The number of anilines is 1. The van der Waals surface area contributed by atoms with Gasteiger partial charge in [-0.25, -0.2) is 4.98 Å². The van der Waals surface area contributed by atoms with Crippen LogP contribution in [0.1, 0.15) is 48.9 Å². The van der Waals surface area contributed by atoms with Crippen molar-refractivity contribution in [2.75, 3.05) is 25.0 Å². The molecule has 1 amide bonds. The average molecular weight is 356 g/mol. The zero-order valence-corrected chi connectivity index (χ0v) is 15.6. The number of imidazole rings is 1. The second-order valence-corrected chi connectivity index (χ2v) is 7.27. The first-order chi connectivity index (χ1) is 12.6. The molecule has 1 aliphatic heterocycles. The maximum Gasteiger partial charge on any atom is 0.291 e. The van der Waals surface area contributed by atoms with Crippen molar-refractivity contribution in [3.63, 3.8) is 0 Å². The van der Waals surface area contributed by atoms with Gasteiger partial charge in [-0.05, 0) is 57.3 Å². The molecule has 1 saturated heterocycles. The first-order valence-corrected chi connectivity index (χ1v) is 9.33. The SMILES string of the molecule is CC(C)n1ccnc1C(=O)Nc1ccccc1CN1CCC(CO)CC1. The summed E-state index contributed by atoms with van der Waals surface area (Å²) in [6.45, 7) is 7.09. The van der Waals surface area contributed by atoms with E-state index in [-0.39, 0.29) is 18.6 Å². The summed E-state index contributed by atoms with van der Waals surface area (Å²) in [5.74, 6) is 0.671. The number of carbonyl (C=O) groups excluding carboxylic acids is 1. The van der Waals surface area contributed by atoms with Gasteiger partial charge in [0.15, 0.2) is 5.82 Å². The van der Waals surface area contributed by atoms with E-state index in [1.165, 1.54) is 0 Å². The van der Waals surface area contributed by atoms with Crippen molar-refractivity contribution in [1.29, 1.82) is 0 Å². The lowest BCUT2D eigenvalue weighted by molar-refractivity contribution is 0.101. The summed E-state index contributed by atoms with van der Waals surface area (Å²) in [6.07, 6.45) is 5.54. The number of aliphatic hydroxyl groups excluding tert-OH is 1. The van der Waals surface area contributed by atoms with Crippen LogP contribution < -0.4 is 5.32 Å². The Balaban J connectivity index is 1.69. The molecule has 0 atom stereocenters. The summed E-state index contributed by atoms with van der Waals surface area (Å²) in [5, 5.41) is 12.3. The Hall–Kier alpha value is -2.18. The zero-order valence-electron chi connectivity index (χ0n) is 15.6. The van der Waals surface area contributed by atoms with E-state index in [9.17, 15) is 9.90 Å². The number of hydrogen-bond donors (Lipinski definition) is 2. The van der Waals surface area contributed by atoms with Crippen LogP contribution in [0.25, 0.3) is 0 Å². The fraction of sp³-hybridized carbons (Fsp3) is 0.500. The third-order valence-electron chi connectivity index (χ3n) is 5.05. The molecule has 0 spiro atoms. The zero-order chi connectivity index (χ0) is 18.5. The number of aromatic nitrogens is 2. The summed E-state index contributed by atoms with van der Waals surface area (Å²) in [4.78, 5) is 19.3. The molecule has 1 aromatic heterocycles. The van der Waals surface area contributed by atoms with Crippen LogP contribution >= 0.6 is 0 Å². The maximum atomic E-state index is 12.7. The van der Waals surface area contributed by atoms with Crippen LogP contribution in [-0.4, -0.2) is 45.2 Å². The minimum atomic E-state index is -0.185. The third kappa shape index (κ3) is 4.31. The van der Waals surface area contributed by atoms with Gasteiger partial charge >= 0.3 is 0 Å². The number of amides is 1. The summed E-state index contributed by atoms with van der Waals surface area (Å²) in [5.41, 5.74) is 1.94. The van der Waals surface area contributed by atoms with Crippen molar-refractivity contribution in [2.24, 2.45) is 5.92 Å². The molecule has 2 heterocycles. The molecule has 0 bridgehead atoms. The minimum Gasteiger partial charge on any atom is -0.396 e. The van der Waals surface area contributed by atoms with Crippen LogP contribution in [0, 0.1) is 5.92 Å². The Kier molecular flexibility index (Phi) is 6.06. The molecule has 0 saturated carbocycles. The quantitative estimate of drug-likeness (QED) is 0.835. The molecule has 6 nitrogen and oxygen atoms in total. The summed E-state index contributed by atoms with van der Waals surface area (Å²) < 4.78 is 1.87. The van der Waals surface area contributed by atoms with Crippen molar-refractivity contribution in [3.05, 3.63) is 48.0 Å². The Bertz CT molecular complexity index is 733. The van der Waals surface area contributed by atoms with Crippen molar-refractivity contribution in [2.45, 2.75) is 39.3 Å². The second-order valence-electron chi connectivity index (χ2n) is 7.27. The van der Waals surface area contributed by atoms with Gasteiger partial charge in [0.2, 0.25) is 0 Å². The lowest BCUT2D eigenvalue weighted by Gasteiger charge is -2.31. The van der Waals surface area contributed by atoms with Crippen molar-refractivity contribution in [3.8, 4) is 0 Å². The van der Waals surface area contributed by atoms with Crippen molar-refractivity contribution < 1.29 is 9.90 Å². The van der Waals surface area contributed by atoms with E-state index in [0.717, 1.165) is 43.7 Å². The predicted octanol–water partition coefficient (Wildman–Crippen LogP) is 2.92. The van der Waals surface area contributed by atoms with Crippen molar-refractivity contribution in [1.82, 2.24) is 14.5 Å². The Morgan fingerprint density at radius 1 is 1.31 bits per heavy atom. The number of aliphatic hydroxyl groups is 1. The minimum absolute atomic E-state index is 0.182. The summed E-state index contributed by atoms with van der Waals surface area (Å²) in [6, 6.07) is 8.12. The predicted molar refractivity (Wildman–Crippen MR) is 102 cm³/mol. The highest BCUT2D eigenvalue weighted by atomic mass is 16.3. The molecule has 26 heavy (non-hydrogen) atoms. The molecule has 0 radical (unpaired) electrons. The lowest BCUT2D eigenvalue weighted by Crippen LogP contribution is -2.34. The van der Waals surface area contributed by atoms with E-state index < -0.39 is 0 Å². The molecular formula is C20H28N4O2. The van der Waals surface area contributed by atoms with Gasteiger partial charge in [0.25, 0.3) is 5.91 Å². The van der Waals surface area contributed by atoms with E-state index in [0.29, 0.717) is 11.7 Å². The molecule has 2 aromatic rings. The number of piperidine rings is 1. The van der Waals surface area contributed by atoms with E-state index in [1.54, 1.807) is 6.20 Å². The van der Waals surface area contributed by atoms with Crippen LogP contribution in [0.2, 0.25) is 0 Å². The van der Waals surface area contributed by atoms with Crippen LogP contribution in [0.15, 0.2) is 36.7 Å². The molecule has 3 rings (SSSR count). The smallest absolute Gasteiger partial charge is 0.291 e. The Morgan fingerprint density at radius 3 is 2.73 bits per heavy atom. The van der Waals surface area contributed by atoms with Crippen LogP contribution in [-0.2, 0) is 6.54 Å². The molecule has 2 N–H and O–H groups in total. The first-order valence-electron chi connectivity index (χ1n) is 9.33. The largest absolute Gasteiger partial charge is 0.396 e. The van der Waals surface area contributed by atoms with E-state index in [4.69, 9.17) is 0 Å². The number of likely N-dealkylation sites (tertiary alicyclic amines) is 1. The van der Waals surface area contributed by atoms with E-state index in [1.807, 2.05) is 42.8 Å². The van der Waals surface area contributed by atoms with Crippen molar-refractivity contribution >= 4 is 11.6 Å². The average Bonchev–Trinajstić information content (AvgIpc) is 3.14. The number of nitrogens with one attached hydrogen (secondary N) is 1. The third-order valence-corrected chi connectivity index (χ3v) is 5.05. The number of carbonyl (C=O) groups is 1. The Morgan fingerprint density at radius 2 is 2.04 bits per heavy atom.